The second kappa shape index (κ2) is 5.88. The molecule has 1 N–H and O–H groups in total. The van der Waals surface area contributed by atoms with Gasteiger partial charge in [0, 0.05) is 26.2 Å². The molecule has 2 heterocycles. The van der Waals surface area contributed by atoms with Crippen LogP contribution in [0.2, 0.25) is 0 Å². The summed E-state index contributed by atoms with van der Waals surface area (Å²) in [6.07, 6.45) is 0.378. The molecule has 0 aromatic carbocycles. The van der Waals surface area contributed by atoms with Gasteiger partial charge in [-0.15, -0.1) is 0 Å². The average molecular weight is 270 g/mol. The van der Waals surface area contributed by atoms with Gasteiger partial charge in [0.1, 0.15) is 0 Å². The SMILES string of the molecule is CC1CN(C(=O)CN2CC(CC(=O)O)C2)CC(C)O1. The van der Waals surface area contributed by atoms with E-state index in [2.05, 4.69) is 0 Å². The zero-order valence-electron chi connectivity index (χ0n) is 11.5. The molecule has 0 spiro atoms. The van der Waals surface area contributed by atoms with Crippen LogP contribution in [0.1, 0.15) is 20.3 Å². The lowest BCUT2D eigenvalue weighted by atomic mass is 9.96. The van der Waals surface area contributed by atoms with Crippen LogP contribution in [-0.4, -0.2) is 71.7 Å². The number of carbonyl (C=O) groups is 2. The van der Waals surface area contributed by atoms with Crippen LogP contribution < -0.4 is 0 Å². The summed E-state index contributed by atoms with van der Waals surface area (Å²) in [6, 6.07) is 0. The first-order chi connectivity index (χ1) is 8.94. The molecule has 6 heteroatoms. The Bertz CT molecular complexity index is 345. The third kappa shape index (κ3) is 3.91. The zero-order chi connectivity index (χ0) is 14.0. The molecule has 2 aliphatic rings. The smallest absolute Gasteiger partial charge is 0.303 e. The van der Waals surface area contributed by atoms with Crippen molar-refractivity contribution in [3.8, 4) is 0 Å². The molecule has 2 unspecified atom stereocenters. The van der Waals surface area contributed by atoms with E-state index in [0.717, 1.165) is 0 Å². The largest absolute Gasteiger partial charge is 0.481 e. The van der Waals surface area contributed by atoms with Gasteiger partial charge in [-0.1, -0.05) is 0 Å². The maximum atomic E-state index is 12.1. The standard InChI is InChI=1S/C13H22N2O4/c1-9-4-15(5-10(2)19-9)12(16)8-14-6-11(7-14)3-13(17)18/h9-11H,3-8H2,1-2H3,(H,17,18). The van der Waals surface area contributed by atoms with Gasteiger partial charge in [0.25, 0.3) is 0 Å². The van der Waals surface area contributed by atoms with Crippen molar-refractivity contribution in [1.82, 2.24) is 9.80 Å². The highest BCUT2D eigenvalue weighted by atomic mass is 16.5. The van der Waals surface area contributed by atoms with Crippen LogP contribution in [0, 0.1) is 5.92 Å². The van der Waals surface area contributed by atoms with Crippen molar-refractivity contribution in [1.29, 1.82) is 0 Å². The van der Waals surface area contributed by atoms with Crippen molar-refractivity contribution in [3.05, 3.63) is 0 Å². The van der Waals surface area contributed by atoms with Crippen molar-refractivity contribution < 1.29 is 19.4 Å². The molecule has 19 heavy (non-hydrogen) atoms. The van der Waals surface area contributed by atoms with Gasteiger partial charge in [0.05, 0.1) is 25.2 Å². The molecule has 6 nitrogen and oxygen atoms in total. The summed E-state index contributed by atoms with van der Waals surface area (Å²) >= 11 is 0. The van der Waals surface area contributed by atoms with Crippen LogP contribution in [0.25, 0.3) is 0 Å². The average Bonchev–Trinajstić information content (AvgIpc) is 2.23. The monoisotopic (exact) mass is 270 g/mol. The number of likely N-dealkylation sites (tertiary alicyclic amines) is 1. The van der Waals surface area contributed by atoms with E-state index in [0.29, 0.717) is 32.7 Å². The molecular formula is C13H22N2O4. The fourth-order valence-electron chi connectivity index (χ4n) is 2.85. The highest BCUT2D eigenvalue weighted by molar-refractivity contribution is 5.78. The molecule has 2 saturated heterocycles. The van der Waals surface area contributed by atoms with E-state index < -0.39 is 5.97 Å². The summed E-state index contributed by atoms with van der Waals surface area (Å²) in [4.78, 5) is 26.5. The van der Waals surface area contributed by atoms with E-state index in [4.69, 9.17) is 9.84 Å². The topological polar surface area (TPSA) is 70.1 Å². The summed E-state index contributed by atoms with van der Waals surface area (Å²) in [5, 5.41) is 8.67. The number of aliphatic carboxylic acids is 1. The van der Waals surface area contributed by atoms with Crippen molar-refractivity contribution in [3.63, 3.8) is 0 Å². The Morgan fingerprint density at radius 2 is 1.74 bits per heavy atom. The van der Waals surface area contributed by atoms with Crippen LogP contribution in [0.15, 0.2) is 0 Å². The first-order valence-corrected chi connectivity index (χ1v) is 6.81. The number of nitrogens with zero attached hydrogens (tertiary/aromatic N) is 2. The van der Waals surface area contributed by atoms with Crippen LogP contribution in [0.4, 0.5) is 0 Å². The van der Waals surface area contributed by atoms with Crippen molar-refractivity contribution in [2.45, 2.75) is 32.5 Å². The van der Waals surface area contributed by atoms with E-state index >= 15 is 0 Å². The number of hydrogen-bond donors (Lipinski definition) is 1. The third-order valence-electron chi connectivity index (χ3n) is 3.63. The minimum absolute atomic E-state index is 0.0869. The first kappa shape index (κ1) is 14.3. The zero-order valence-corrected chi connectivity index (χ0v) is 11.5. The number of carboxylic acid groups (broad SMARTS) is 1. The Labute approximate surface area is 113 Å². The van der Waals surface area contributed by atoms with Gasteiger partial charge in [0.2, 0.25) is 5.91 Å². The molecular weight excluding hydrogens is 248 g/mol. The summed E-state index contributed by atoms with van der Waals surface area (Å²) in [6.45, 7) is 7.08. The Morgan fingerprint density at radius 1 is 1.16 bits per heavy atom. The molecule has 1 amide bonds. The molecule has 2 fully saturated rings. The van der Waals surface area contributed by atoms with Gasteiger partial charge in [0.15, 0.2) is 0 Å². The minimum atomic E-state index is -0.758. The summed E-state index contributed by atoms with van der Waals surface area (Å²) in [5.74, 6) is -0.435. The highest BCUT2D eigenvalue weighted by Crippen LogP contribution is 2.19. The summed E-state index contributed by atoms with van der Waals surface area (Å²) < 4.78 is 5.60. The lowest BCUT2D eigenvalue weighted by Gasteiger charge is -2.41. The predicted octanol–water partition coefficient (Wildman–Crippen LogP) is 0.0287. The normalized spacial score (nSPS) is 29.1. The number of ether oxygens (including phenoxy) is 1. The highest BCUT2D eigenvalue weighted by Gasteiger charge is 2.32. The number of carbonyl (C=O) groups excluding carboxylic acids is 1. The summed E-state index contributed by atoms with van der Waals surface area (Å²) in [5.41, 5.74) is 0. The molecule has 2 atom stereocenters. The maximum absolute atomic E-state index is 12.1. The van der Waals surface area contributed by atoms with Gasteiger partial charge < -0.3 is 14.7 Å². The van der Waals surface area contributed by atoms with Gasteiger partial charge >= 0.3 is 5.97 Å². The van der Waals surface area contributed by atoms with E-state index in [1.807, 2.05) is 23.6 Å². The maximum Gasteiger partial charge on any atom is 0.303 e. The molecule has 0 saturated carbocycles. The molecule has 0 radical (unpaired) electrons. The lowest BCUT2D eigenvalue weighted by Crippen LogP contribution is -2.55. The van der Waals surface area contributed by atoms with E-state index in [1.165, 1.54) is 0 Å². The van der Waals surface area contributed by atoms with Crippen molar-refractivity contribution in [2.24, 2.45) is 5.92 Å². The van der Waals surface area contributed by atoms with Gasteiger partial charge in [-0.3, -0.25) is 14.5 Å². The van der Waals surface area contributed by atoms with Crippen molar-refractivity contribution >= 4 is 11.9 Å². The van der Waals surface area contributed by atoms with Crippen LogP contribution >= 0.6 is 0 Å². The van der Waals surface area contributed by atoms with E-state index in [9.17, 15) is 9.59 Å². The van der Waals surface area contributed by atoms with Gasteiger partial charge in [-0.2, -0.15) is 0 Å². The number of hydrogen-bond acceptors (Lipinski definition) is 4. The number of carboxylic acids is 1. The van der Waals surface area contributed by atoms with Gasteiger partial charge in [-0.25, -0.2) is 0 Å². The molecule has 2 aliphatic heterocycles. The molecule has 0 aromatic heterocycles. The number of amides is 1. The van der Waals surface area contributed by atoms with Crippen LogP contribution in [0.3, 0.4) is 0 Å². The lowest BCUT2D eigenvalue weighted by molar-refractivity contribution is -0.146. The molecule has 108 valence electrons. The fraction of sp³-hybridized carbons (Fsp3) is 0.846. The molecule has 0 aromatic rings. The molecule has 0 bridgehead atoms. The van der Waals surface area contributed by atoms with Gasteiger partial charge in [-0.05, 0) is 19.8 Å². The Kier molecular flexibility index (Phi) is 4.42. The Hall–Kier alpha value is -1.14. The van der Waals surface area contributed by atoms with Crippen LogP contribution in [0.5, 0.6) is 0 Å². The Morgan fingerprint density at radius 3 is 2.26 bits per heavy atom. The minimum Gasteiger partial charge on any atom is -0.481 e. The predicted molar refractivity (Wildman–Crippen MR) is 68.8 cm³/mol. The van der Waals surface area contributed by atoms with E-state index in [-0.39, 0.29) is 30.5 Å². The second-order valence-electron chi connectivity index (χ2n) is 5.71. The number of morpholine rings is 1. The summed E-state index contributed by atoms with van der Waals surface area (Å²) in [7, 11) is 0. The first-order valence-electron chi connectivity index (χ1n) is 6.81. The third-order valence-corrected chi connectivity index (χ3v) is 3.63. The van der Waals surface area contributed by atoms with Crippen molar-refractivity contribution in [2.75, 3.05) is 32.7 Å². The van der Waals surface area contributed by atoms with E-state index in [1.54, 1.807) is 0 Å². The Balaban J connectivity index is 1.72. The second-order valence-corrected chi connectivity index (χ2v) is 5.71. The fourth-order valence-corrected chi connectivity index (χ4v) is 2.85. The van der Waals surface area contributed by atoms with Crippen LogP contribution in [-0.2, 0) is 14.3 Å². The molecule has 0 aliphatic carbocycles. The molecule has 2 rings (SSSR count). The number of rotatable bonds is 4. The quantitative estimate of drug-likeness (QED) is 0.780.